The van der Waals surface area contributed by atoms with Crippen molar-refractivity contribution in [3.63, 3.8) is 0 Å². The highest BCUT2D eigenvalue weighted by Crippen LogP contribution is 2.32. The first-order valence-electron chi connectivity index (χ1n) is 9.33. The standard InChI is InChI=1S/C22H24O5S/c1-2-3-4-13-28(24,25)27-20-9-6-8-19(15-20)26-22-10-5-7-18-14-17(16-23)11-12-21(18)22/h5-12,14-15,23H,2-4,13,16H2,1H3. The van der Waals surface area contributed by atoms with Crippen LogP contribution in [0.15, 0.2) is 60.7 Å². The van der Waals surface area contributed by atoms with E-state index < -0.39 is 10.1 Å². The van der Waals surface area contributed by atoms with Crippen molar-refractivity contribution in [2.75, 3.05) is 5.75 Å². The molecule has 1 N–H and O–H groups in total. The number of hydrogen-bond donors (Lipinski definition) is 1. The van der Waals surface area contributed by atoms with Gasteiger partial charge in [0.15, 0.2) is 0 Å². The van der Waals surface area contributed by atoms with E-state index in [4.69, 9.17) is 8.92 Å². The Morgan fingerprint density at radius 1 is 0.929 bits per heavy atom. The second kappa shape index (κ2) is 9.08. The minimum absolute atomic E-state index is 0.00242. The molecule has 0 saturated carbocycles. The molecule has 0 aliphatic heterocycles. The van der Waals surface area contributed by atoms with Crippen molar-refractivity contribution in [3.8, 4) is 17.2 Å². The van der Waals surface area contributed by atoms with Gasteiger partial charge in [-0.25, -0.2) is 0 Å². The van der Waals surface area contributed by atoms with Crippen LogP contribution in [-0.2, 0) is 16.7 Å². The molecule has 0 aliphatic carbocycles. The van der Waals surface area contributed by atoms with E-state index in [2.05, 4.69) is 0 Å². The maximum atomic E-state index is 12.1. The highest BCUT2D eigenvalue weighted by Gasteiger charge is 2.13. The van der Waals surface area contributed by atoms with Gasteiger partial charge < -0.3 is 14.0 Å². The smallest absolute Gasteiger partial charge is 0.309 e. The molecule has 0 spiro atoms. The number of benzene rings is 3. The Bertz CT molecular complexity index is 1040. The molecule has 3 aromatic rings. The number of rotatable bonds is 9. The molecule has 0 radical (unpaired) electrons. The number of hydrogen-bond acceptors (Lipinski definition) is 5. The number of ether oxygens (including phenoxy) is 1. The van der Waals surface area contributed by atoms with Crippen LogP contribution in [0.1, 0.15) is 31.7 Å². The van der Waals surface area contributed by atoms with Gasteiger partial charge in [-0.1, -0.05) is 50.1 Å². The number of aliphatic hydroxyl groups is 1. The number of unbranched alkanes of at least 4 members (excludes halogenated alkanes) is 2. The molecule has 0 fully saturated rings. The van der Waals surface area contributed by atoms with Gasteiger partial charge in [-0.3, -0.25) is 0 Å². The van der Waals surface area contributed by atoms with Crippen molar-refractivity contribution in [2.24, 2.45) is 0 Å². The number of fused-ring (bicyclic) bond motifs is 1. The summed E-state index contributed by atoms with van der Waals surface area (Å²) < 4.78 is 35.4. The van der Waals surface area contributed by atoms with E-state index in [-0.39, 0.29) is 18.1 Å². The van der Waals surface area contributed by atoms with E-state index in [9.17, 15) is 13.5 Å². The predicted octanol–water partition coefficient (Wildman–Crippen LogP) is 5.02. The zero-order valence-electron chi connectivity index (χ0n) is 15.8. The van der Waals surface area contributed by atoms with Gasteiger partial charge in [0, 0.05) is 11.5 Å². The van der Waals surface area contributed by atoms with Gasteiger partial charge >= 0.3 is 10.1 Å². The summed E-state index contributed by atoms with van der Waals surface area (Å²) in [4.78, 5) is 0. The topological polar surface area (TPSA) is 72.8 Å². The first kappa shape index (κ1) is 20.2. The summed E-state index contributed by atoms with van der Waals surface area (Å²) in [6.45, 7) is 2.00. The molecule has 5 nitrogen and oxygen atoms in total. The highest BCUT2D eigenvalue weighted by molar-refractivity contribution is 7.87. The molecule has 0 aromatic heterocycles. The van der Waals surface area contributed by atoms with E-state index in [0.29, 0.717) is 17.9 Å². The lowest BCUT2D eigenvalue weighted by atomic mass is 10.1. The third-order valence-corrected chi connectivity index (χ3v) is 5.58. The third kappa shape index (κ3) is 5.24. The first-order chi connectivity index (χ1) is 13.5. The van der Waals surface area contributed by atoms with Crippen LogP contribution in [0.2, 0.25) is 0 Å². The average Bonchev–Trinajstić information content (AvgIpc) is 2.68. The summed E-state index contributed by atoms with van der Waals surface area (Å²) in [6.07, 6.45) is 2.38. The Hall–Kier alpha value is -2.57. The lowest BCUT2D eigenvalue weighted by Gasteiger charge is -2.11. The lowest BCUT2D eigenvalue weighted by molar-refractivity contribution is 0.282. The SMILES string of the molecule is CCCCCS(=O)(=O)Oc1cccc(Oc2cccc3cc(CO)ccc23)c1. The average molecular weight is 400 g/mol. The van der Waals surface area contributed by atoms with E-state index in [1.165, 1.54) is 0 Å². The summed E-state index contributed by atoms with van der Waals surface area (Å²) in [7, 11) is -3.62. The van der Waals surface area contributed by atoms with Crippen molar-refractivity contribution in [2.45, 2.75) is 32.8 Å². The molecule has 6 heteroatoms. The number of aliphatic hydroxyl groups excluding tert-OH is 1. The molecule has 0 heterocycles. The van der Waals surface area contributed by atoms with Crippen molar-refractivity contribution in [1.29, 1.82) is 0 Å². The molecule has 0 unspecified atom stereocenters. The van der Waals surface area contributed by atoms with E-state index >= 15 is 0 Å². The van der Waals surface area contributed by atoms with Crippen molar-refractivity contribution in [1.82, 2.24) is 0 Å². The Labute approximate surface area is 165 Å². The van der Waals surface area contributed by atoms with Gasteiger partial charge in [0.05, 0.1) is 12.4 Å². The van der Waals surface area contributed by atoms with Crippen LogP contribution in [-0.4, -0.2) is 19.3 Å². The first-order valence-corrected chi connectivity index (χ1v) is 10.9. The monoisotopic (exact) mass is 400 g/mol. The summed E-state index contributed by atoms with van der Waals surface area (Å²) in [5, 5.41) is 11.2. The van der Waals surface area contributed by atoms with Crippen molar-refractivity contribution >= 4 is 20.9 Å². The molecule has 0 amide bonds. The fourth-order valence-electron chi connectivity index (χ4n) is 2.92. The van der Waals surface area contributed by atoms with Crippen molar-refractivity contribution < 1.29 is 22.4 Å². The third-order valence-electron chi connectivity index (χ3n) is 4.34. The zero-order chi connectivity index (χ0) is 20.0. The van der Waals surface area contributed by atoms with Gasteiger partial charge in [0.2, 0.25) is 0 Å². The van der Waals surface area contributed by atoms with Crippen LogP contribution in [0, 0.1) is 0 Å². The second-order valence-corrected chi connectivity index (χ2v) is 8.29. The van der Waals surface area contributed by atoms with Gasteiger partial charge in [0.1, 0.15) is 17.2 Å². The maximum Gasteiger partial charge on any atom is 0.309 e. The summed E-state index contributed by atoms with van der Waals surface area (Å²) in [5.74, 6) is 1.37. The normalized spacial score (nSPS) is 11.5. The van der Waals surface area contributed by atoms with Crippen LogP contribution in [0.5, 0.6) is 17.2 Å². The van der Waals surface area contributed by atoms with Crippen LogP contribution in [0.3, 0.4) is 0 Å². The van der Waals surface area contributed by atoms with Gasteiger partial charge in [0.25, 0.3) is 0 Å². The maximum absolute atomic E-state index is 12.1. The van der Waals surface area contributed by atoms with Crippen LogP contribution in [0.25, 0.3) is 10.8 Å². The van der Waals surface area contributed by atoms with Gasteiger partial charge in [-0.15, -0.1) is 0 Å². The summed E-state index contributed by atoms with van der Waals surface area (Å²) in [5.41, 5.74) is 0.827. The minimum atomic E-state index is -3.62. The molecule has 0 bridgehead atoms. The minimum Gasteiger partial charge on any atom is -0.457 e. The molecule has 0 saturated heterocycles. The highest BCUT2D eigenvalue weighted by atomic mass is 32.2. The van der Waals surface area contributed by atoms with Crippen LogP contribution in [0.4, 0.5) is 0 Å². The molecular weight excluding hydrogens is 376 g/mol. The molecule has 0 atom stereocenters. The fraction of sp³-hybridized carbons (Fsp3) is 0.273. The second-order valence-electron chi connectivity index (χ2n) is 6.60. The Balaban J connectivity index is 1.79. The predicted molar refractivity (Wildman–Crippen MR) is 110 cm³/mol. The van der Waals surface area contributed by atoms with E-state index in [1.54, 1.807) is 24.3 Å². The summed E-state index contributed by atoms with van der Waals surface area (Å²) >= 11 is 0. The fourth-order valence-corrected chi connectivity index (χ4v) is 3.96. The van der Waals surface area contributed by atoms with E-state index in [0.717, 1.165) is 29.2 Å². The quantitative estimate of drug-likeness (QED) is 0.403. The zero-order valence-corrected chi connectivity index (χ0v) is 16.6. The van der Waals surface area contributed by atoms with Crippen LogP contribution >= 0.6 is 0 Å². The summed E-state index contributed by atoms with van der Waals surface area (Å²) in [6, 6.07) is 17.9. The van der Waals surface area contributed by atoms with Crippen LogP contribution < -0.4 is 8.92 Å². The molecule has 0 aliphatic rings. The molecule has 3 rings (SSSR count). The van der Waals surface area contributed by atoms with E-state index in [1.807, 2.05) is 43.3 Å². The Kier molecular flexibility index (Phi) is 6.54. The molecule has 3 aromatic carbocycles. The Morgan fingerprint density at radius 2 is 1.71 bits per heavy atom. The molecule has 28 heavy (non-hydrogen) atoms. The van der Waals surface area contributed by atoms with Gasteiger partial charge in [-0.2, -0.15) is 8.42 Å². The Morgan fingerprint density at radius 3 is 2.50 bits per heavy atom. The largest absolute Gasteiger partial charge is 0.457 e. The molecule has 148 valence electrons. The van der Waals surface area contributed by atoms with Gasteiger partial charge in [-0.05, 0) is 41.6 Å². The lowest BCUT2D eigenvalue weighted by Crippen LogP contribution is -2.13. The van der Waals surface area contributed by atoms with Crippen molar-refractivity contribution in [3.05, 3.63) is 66.2 Å². The molecular formula is C22H24O5S.